The molecule has 1 aliphatic rings. The monoisotopic (exact) mass is 230 g/mol. The van der Waals surface area contributed by atoms with Gasteiger partial charge in [0.05, 0.1) is 23.7 Å². The van der Waals surface area contributed by atoms with E-state index in [0.717, 1.165) is 11.5 Å². The average molecular weight is 230 g/mol. The Morgan fingerprint density at radius 2 is 2.47 bits per heavy atom. The first-order valence-electron chi connectivity index (χ1n) is 4.91. The van der Waals surface area contributed by atoms with Crippen LogP contribution < -0.4 is 5.32 Å². The number of nitrogens with zero attached hydrogens (tertiary/aromatic N) is 1. The Morgan fingerprint density at radius 1 is 1.67 bits per heavy atom. The van der Waals surface area contributed by atoms with E-state index in [0.29, 0.717) is 18.7 Å². The van der Waals surface area contributed by atoms with E-state index in [1.54, 1.807) is 0 Å². The summed E-state index contributed by atoms with van der Waals surface area (Å²) in [6.45, 7) is 2.40. The van der Waals surface area contributed by atoms with Crippen molar-refractivity contribution in [1.29, 1.82) is 0 Å². The van der Waals surface area contributed by atoms with E-state index in [2.05, 4.69) is 10.5 Å². The van der Waals surface area contributed by atoms with Crippen LogP contribution in [0.25, 0.3) is 0 Å². The first-order valence-corrected chi connectivity index (χ1v) is 6.73. The first kappa shape index (κ1) is 10.6. The number of hydrogen-bond acceptors (Lipinski definition) is 5. The summed E-state index contributed by atoms with van der Waals surface area (Å²) in [7, 11) is -2.80. The van der Waals surface area contributed by atoms with Crippen molar-refractivity contribution in [2.75, 3.05) is 11.5 Å². The molecule has 0 saturated carbocycles. The molecule has 1 N–H and O–H groups in total. The predicted octanol–water partition coefficient (Wildman–Crippen LogP) is 0.260. The molecule has 0 bridgehead atoms. The molecule has 84 valence electrons. The molecule has 15 heavy (non-hydrogen) atoms. The molecule has 0 amide bonds. The highest BCUT2D eigenvalue weighted by Gasteiger charge is 2.27. The minimum absolute atomic E-state index is 0.0559. The lowest BCUT2D eigenvalue weighted by Gasteiger charge is -2.07. The lowest BCUT2D eigenvalue weighted by atomic mass is 10.2. The molecule has 1 aromatic rings. The molecule has 2 rings (SSSR count). The van der Waals surface area contributed by atoms with Crippen LogP contribution in [0, 0.1) is 6.92 Å². The number of rotatable bonds is 3. The van der Waals surface area contributed by atoms with Gasteiger partial charge in [-0.2, -0.15) is 0 Å². The van der Waals surface area contributed by atoms with E-state index in [-0.39, 0.29) is 11.8 Å². The van der Waals surface area contributed by atoms with Gasteiger partial charge in [0.2, 0.25) is 0 Å². The SMILES string of the molecule is Cc1cc(CNC2CCS(=O)(=O)C2)on1. The normalized spacial score (nSPS) is 24.5. The van der Waals surface area contributed by atoms with Gasteiger partial charge in [-0.05, 0) is 13.3 Å². The second-order valence-corrected chi connectivity index (χ2v) is 6.14. The molecule has 1 saturated heterocycles. The Labute approximate surface area is 88.8 Å². The molecule has 0 aliphatic carbocycles. The van der Waals surface area contributed by atoms with E-state index in [9.17, 15) is 8.42 Å². The molecular weight excluding hydrogens is 216 g/mol. The van der Waals surface area contributed by atoms with Crippen molar-refractivity contribution < 1.29 is 12.9 Å². The summed E-state index contributed by atoms with van der Waals surface area (Å²) in [6.07, 6.45) is 0.690. The molecule has 1 fully saturated rings. The van der Waals surface area contributed by atoms with Gasteiger partial charge in [-0.25, -0.2) is 8.42 Å². The molecule has 6 heteroatoms. The van der Waals surface area contributed by atoms with Gasteiger partial charge in [0.1, 0.15) is 0 Å². The van der Waals surface area contributed by atoms with Crippen LogP contribution in [0.2, 0.25) is 0 Å². The highest BCUT2D eigenvalue weighted by Crippen LogP contribution is 2.12. The largest absolute Gasteiger partial charge is 0.360 e. The van der Waals surface area contributed by atoms with E-state index < -0.39 is 9.84 Å². The smallest absolute Gasteiger partial charge is 0.151 e. The maximum absolute atomic E-state index is 11.2. The van der Waals surface area contributed by atoms with Crippen molar-refractivity contribution in [2.45, 2.75) is 25.9 Å². The lowest BCUT2D eigenvalue weighted by molar-refractivity contribution is 0.362. The molecule has 1 aliphatic heterocycles. The Balaban J connectivity index is 1.85. The van der Waals surface area contributed by atoms with Crippen LogP contribution in [0.4, 0.5) is 0 Å². The number of aromatic nitrogens is 1. The van der Waals surface area contributed by atoms with Crippen molar-refractivity contribution in [3.05, 3.63) is 17.5 Å². The molecule has 1 atom stereocenters. The highest BCUT2D eigenvalue weighted by molar-refractivity contribution is 7.91. The number of hydrogen-bond donors (Lipinski definition) is 1. The lowest BCUT2D eigenvalue weighted by Crippen LogP contribution is -2.29. The highest BCUT2D eigenvalue weighted by atomic mass is 32.2. The average Bonchev–Trinajstić information content (AvgIpc) is 2.69. The maximum atomic E-state index is 11.2. The number of aryl methyl sites for hydroxylation is 1. The van der Waals surface area contributed by atoms with Crippen LogP contribution in [-0.2, 0) is 16.4 Å². The summed E-state index contributed by atoms with van der Waals surface area (Å²) in [4.78, 5) is 0. The fourth-order valence-electron chi connectivity index (χ4n) is 1.70. The van der Waals surface area contributed by atoms with E-state index in [4.69, 9.17) is 4.52 Å². The third-order valence-electron chi connectivity index (χ3n) is 2.47. The zero-order valence-electron chi connectivity index (χ0n) is 8.56. The van der Waals surface area contributed by atoms with E-state index in [1.165, 1.54) is 0 Å². The van der Waals surface area contributed by atoms with Crippen LogP contribution in [0.3, 0.4) is 0 Å². The van der Waals surface area contributed by atoms with Gasteiger partial charge in [-0.1, -0.05) is 5.16 Å². The fraction of sp³-hybridized carbons (Fsp3) is 0.667. The minimum atomic E-state index is -2.80. The number of sulfone groups is 1. The molecule has 1 unspecified atom stereocenters. The van der Waals surface area contributed by atoms with Gasteiger partial charge >= 0.3 is 0 Å². The van der Waals surface area contributed by atoms with Crippen molar-refractivity contribution in [1.82, 2.24) is 10.5 Å². The summed E-state index contributed by atoms with van der Waals surface area (Å²) in [5, 5.41) is 6.91. The Hall–Kier alpha value is -0.880. The summed E-state index contributed by atoms with van der Waals surface area (Å²) >= 11 is 0. The van der Waals surface area contributed by atoms with Crippen LogP contribution in [0.1, 0.15) is 17.9 Å². The molecule has 2 heterocycles. The molecule has 0 spiro atoms. The molecule has 1 aromatic heterocycles. The molecule has 0 aromatic carbocycles. The summed E-state index contributed by atoms with van der Waals surface area (Å²) in [6, 6.07) is 1.90. The van der Waals surface area contributed by atoms with Crippen molar-refractivity contribution in [3.63, 3.8) is 0 Å². The van der Waals surface area contributed by atoms with Crippen LogP contribution in [0.15, 0.2) is 10.6 Å². The van der Waals surface area contributed by atoms with Gasteiger partial charge in [0.25, 0.3) is 0 Å². The molecular formula is C9H14N2O3S. The van der Waals surface area contributed by atoms with Gasteiger partial charge in [0.15, 0.2) is 15.6 Å². The minimum Gasteiger partial charge on any atom is -0.360 e. The van der Waals surface area contributed by atoms with E-state index >= 15 is 0 Å². The van der Waals surface area contributed by atoms with Crippen LogP contribution in [-0.4, -0.2) is 31.1 Å². The second kappa shape index (κ2) is 3.94. The quantitative estimate of drug-likeness (QED) is 0.806. The summed E-state index contributed by atoms with van der Waals surface area (Å²) in [5.41, 5.74) is 0.839. The van der Waals surface area contributed by atoms with Gasteiger partial charge < -0.3 is 9.84 Å². The van der Waals surface area contributed by atoms with Gasteiger partial charge in [-0.15, -0.1) is 0 Å². The Kier molecular flexibility index (Phi) is 2.79. The topological polar surface area (TPSA) is 72.2 Å². The second-order valence-electron chi connectivity index (χ2n) is 3.92. The maximum Gasteiger partial charge on any atom is 0.151 e. The third kappa shape index (κ3) is 2.79. The zero-order chi connectivity index (χ0) is 10.9. The third-order valence-corrected chi connectivity index (χ3v) is 4.24. The molecule has 0 radical (unpaired) electrons. The van der Waals surface area contributed by atoms with Crippen molar-refractivity contribution in [3.8, 4) is 0 Å². The zero-order valence-corrected chi connectivity index (χ0v) is 9.38. The first-order chi connectivity index (χ1) is 7.05. The summed E-state index contributed by atoms with van der Waals surface area (Å²) in [5.74, 6) is 1.28. The predicted molar refractivity (Wildman–Crippen MR) is 55.1 cm³/mol. The molecule has 5 nitrogen and oxygen atoms in total. The Morgan fingerprint density at radius 3 is 3.00 bits per heavy atom. The van der Waals surface area contributed by atoms with Gasteiger partial charge in [-0.3, -0.25) is 0 Å². The fourth-order valence-corrected chi connectivity index (χ4v) is 3.41. The Bertz CT molecular complexity index is 438. The van der Waals surface area contributed by atoms with Crippen molar-refractivity contribution in [2.24, 2.45) is 0 Å². The van der Waals surface area contributed by atoms with Crippen molar-refractivity contribution >= 4 is 9.84 Å². The standard InChI is InChI=1S/C9H14N2O3S/c1-7-4-9(14-11-7)5-10-8-2-3-15(12,13)6-8/h4,8,10H,2-3,5-6H2,1H3. The summed E-state index contributed by atoms with van der Waals surface area (Å²) < 4.78 is 27.4. The van der Waals surface area contributed by atoms with E-state index in [1.807, 2.05) is 13.0 Å². The number of nitrogens with one attached hydrogen (secondary N) is 1. The van der Waals surface area contributed by atoms with Gasteiger partial charge in [0, 0.05) is 12.1 Å². The van der Waals surface area contributed by atoms with Crippen LogP contribution in [0.5, 0.6) is 0 Å². The van der Waals surface area contributed by atoms with Crippen LogP contribution >= 0.6 is 0 Å².